The highest BCUT2D eigenvalue weighted by Crippen LogP contribution is 2.33. The normalized spacial score (nSPS) is 24.7. The SMILES string of the molecule is O=C(O)CC1CN(C(=O)CCC2CC2)CCO1. The molecule has 17 heavy (non-hydrogen) atoms. The molecule has 1 aliphatic carbocycles. The van der Waals surface area contributed by atoms with Gasteiger partial charge in [-0.05, 0) is 12.3 Å². The van der Waals surface area contributed by atoms with Crippen molar-refractivity contribution in [3.8, 4) is 0 Å². The standard InChI is InChI=1S/C12H19NO4/c14-11(4-3-9-1-2-9)13-5-6-17-10(8-13)7-12(15)16/h9-10H,1-8H2,(H,15,16). The molecule has 1 aliphatic heterocycles. The predicted octanol–water partition coefficient (Wildman–Crippen LogP) is 0.879. The van der Waals surface area contributed by atoms with Gasteiger partial charge in [0.25, 0.3) is 0 Å². The fourth-order valence-corrected chi connectivity index (χ4v) is 2.16. The van der Waals surface area contributed by atoms with Gasteiger partial charge in [-0.3, -0.25) is 9.59 Å². The van der Waals surface area contributed by atoms with Crippen LogP contribution in [0, 0.1) is 5.92 Å². The van der Waals surface area contributed by atoms with E-state index in [1.54, 1.807) is 4.90 Å². The van der Waals surface area contributed by atoms with Gasteiger partial charge in [0, 0.05) is 19.5 Å². The molecule has 2 fully saturated rings. The summed E-state index contributed by atoms with van der Waals surface area (Å²) in [4.78, 5) is 24.2. The van der Waals surface area contributed by atoms with Crippen molar-refractivity contribution >= 4 is 11.9 Å². The molecule has 5 nitrogen and oxygen atoms in total. The van der Waals surface area contributed by atoms with Crippen LogP contribution < -0.4 is 0 Å². The van der Waals surface area contributed by atoms with Crippen LogP contribution in [0.1, 0.15) is 32.1 Å². The maximum Gasteiger partial charge on any atom is 0.306 e. The average Bonchev–Trinajstić information content (AvgIpc) is 3.09. The number of hydrogen-bond donors (Lipinski definition) is 1. The molecule has 96 valence electrons. The van der Waals surface area contributed by atoms with E-state index in [9.17, 15) is 9.59 Å². The van der Waals surface area contributed by atoms with E-state index in [2.05, 4.69) is 0 Å². The zero-order valence-electron chi connectivity index (χ0n) is 9.93. The maximum atomic E-state index is 11.9. The molecule has 1 saturated carbocycles. The minimum Gasteiger partial charge on any atom is -0.481 e. The average molecular weight is 241 g/mol. The van der Waals surface area contributed by atoms with Crippen molar-refractivity contribution < 1.29 is 19.4 Å². The predicted molar refractivity (Wildman–Crippen MR) is 60.5 cm³/mol. The van der Waals surface area contributed by atoms with Crippen LogP contribution in [0.4, 0.5) is 0 Å². The van der Waals surface area contributed by atoms with Gasteiger partial charge >= 0.3 is 5.97 Å². The Balaban J connectivity index is 1.74. The molecule has 5 heteroatoms. The van der Waals surface area contributed by atoms with Gasteiger partial charge in [0.15, 0.2) is 0 Å². The summed E-state index contributed by atoms with van der Waals surface area (Å²) in [6.45, 7) is 1.47. The van der Waals surface area contributed by atoms with Crippen molar-refractivity contribution in [2.75, 3.05) is 19.7 Å². The number of carboxylic acid groups (broad SMARTS) is 1. The first kappa shape index (κ1) is 12.4. The molecule has 2 rings (SSSR count). The van der Waals surface area contributed by atoms with Crippen LogP contribution >= 0.6 is 0 Å². The highest BCUT2D eigenvalue weighted by molar-refractivity contribution is 5.76. The van der Waals surface area contributed by atoms with E-state index in [0.29, 0.717) is 26.1 Å². The van der Waals surface area contributed by atoms with Crippen LogP contribution in [0.25, 0.3) is 0 Å². The van der Waals surface area contributed by atoms with Gasteiger partial charge in [0.2, 0.25) is 5.91 Å². The number of carbonyl (C=O) groups is 2. The van der Waals surface area contributed by atoms with Crippen molar-refractivity contribution in [1.29, 1.82) is 0 Å². The van der Waals surface area contributed by atoms with Gasteiger partial charge in [-0.25, -0.2) is 0 Å². The van der Waals surface area contributed by atoms with Crippen LogP contribution in [0.15, 0.2) is 0 Å². The first-order chi connectivity index (χ1) is 8.15. The Morgan fingerprint density at radius 1 is 1.35 bits per heavy atom. The summed E-state index contributed by atoms with van der Waals surface area (Å²) in [5.41, 5.74) is 0. The lowest BCUT2D eigenvalue weighted by molar-refractivity contribution is -0.147. The van der Waals surface area contributed by atoms with Gasteiger partial charge < -0.3 is 14.7 Å². The highest BCUT2D eigenvalue weighted by Gasteiger charge is 2.27. The van der Waals surface area contributed by atoms with Crippen LogP contribution in [-0.4, -0.2) is 47.7 Å². The molecule has 0 aromatic rings. The number of rotatable bonds is 5. The summed E-state index contributed by atoms with van der Waals surface area (Å²) >= 11 is 0. The Morgan fingerprint density at radius 2 is 2.12 bits per heavy atom. The molecule has 1 N–H and O–H groups in total. The minimum atomic E-state index is -0.873. The number of amides is 1. The highest BCUT2D eigenvalue weighted by atomic mass is 16.5. The lowest BCUT2D eigenvalue weighted by Crippen LogP contribution is -2.46. The summed E-state index contributed by atoms with van der Waals surface area (Å²) in [7, 11) is 0. The zero-order valence-corrected chi connectivity index (χ0v) is 9.93. The monoisotopic (exact) mass is 241 g/mol. The number of nitrogens with zero attached hydrogens (tertiary/aromatic N) is 1. The molecule has 1 amide bonds. The quantitative estimate of drug-likeness (QED) is 0.776. The molecular weight excluding hydrogens is 222 g/mol. The largest absolute Gasteiger partial charge is 0.481 e. The third-order valence-electron chi connectivity index (χ3n) is 3.36. The van der Waals surface area contributed by atoms with Crippen molar-refractivity contribution in [2.45, 2.75) is 38.2 Å². The molecule has 1 atom stereocenters. The second kappa shape index (κ2) is 5.49. The molecule has 1 saturated heterocycles. The van der Waals surface area contributed by atoms with E-state index < -0.39 is 5.97 Å². The molecule has 0 aromatic heterocycles. The van der Waals surface area contributed by atoms with Gasteiger partial charge in [-0.15, -0.1) is 0 Å². The summed E-state index contributed by atoms with van der Waals surface area (Å²) in [5.74, 6) is 0.0349. The fourth-order valence-electron chi connectivity index (χ4n) is 2.16. The number of morpholine rings is 1. The Bertz CT molecular complexity index is 301. The number of hydrogen-bond acceptors (Lipinski definition) is 3. The van der Waals surface area contributed by atoms with E-state index in [-0.39, 0.29) is 18.4 Å². The Labute approximate surface area is 101 Å². The summed E-state index contributed by atoms with van der Waals surface area (Å²) in [5, 5.41) is 8.69. The fraction of sp³-hybridized carbons (Fsp3) is 0.833. The smallest absolute Gasteiger partial charge is 0.306 e. The summed E-state index contributed by atoms with van der Waals surface area (Å²) < 4.78 is 5.33. The first-order valence-electron chi connectivity index (χ1n) is 6.26. The van der Waals surface area contributed by atoms with Crippen LogP contribution in [0.2, 0.25) is 0 Å². The molecular formula is C12H19NO4. The van der Waals surface area contributed by atoms with Crippen molar-refractivity contribution in [3.63, 3.8) is 0 Å². The molecule has 1 unspecified atom stereocenters. The summed E-state index contributed by atoms with van der Waals surface area (Å²) in [6, 6.07) is 0. The second-order valence-electron chi connectivity index (χ2n) is 4.91. The summed E-state index contributed by atoms with van der Waals surface area (Å²) in [6.07, 6.45) is 3.75. The third kappa shape index (κ3) is 4.00. The molecule has 0 radical (unpaired) electrons. The van der Waals surface area contributed by atoms with Crippen LogP contribution in [-0.2, 0) is 14.3 Å². The number of aliphatic carboxylic acids is 1. The Hall–Kier alpha value is -1.10. The van der Waals surface area contributed by atoms with Gasteiger partial charge in [-0.1, -0.05) is 12.8 Å². The Kier molecular flexibility index (Phi) is 3.99. The van der Waals surface area contributed by atoms with Crippen LogP contribution in [0.5, 0.6) is 0 Å². The van der Waals surface area contributed by atoms with Crippen molar-refractivity contribution in [3.05, 3.63) is 0 Å². The first-order valence-corrected chi connectivity index (χ1v) is 6.26. The number of carboxylic acids is 1. The van der Waals surface area contributed by atoms with Crippen LogP contribution in [0.3, 0.4) is 0 Å². The lowest BCUT2D eigenvalue weighted by Gasteiger charge is -2.32. The topological polar surface area (TPSA) is 66.8 Å². The van der Waals surface area contributed by atoms with Gasteiger partial charge in [-0.2, -0.15) is 0 Å². The second-order valence-corrected chi connectivity index (χ2v) is 4.91. The minimum absolute atomic E-state index is 0.0214. The van der Waals surface area contributed by atoms with E-state index in [0.717, 1.165) is 12.3 Å². The van der Waals surface area contributed by atoms with E-state index in [1.165, 1.54) is 12.8 Å². The number of carbonyl (C=O) groups excluding carboxylic acids is 1. The van der Waals surface area contributed by atoms with Gasteiger partial charge in [0.05, 0.1) is 19.1 Å². The molecule has 0 spiro atoms. The lowest BCUT2D eigenvalue weighted by atomic mass is 10.1. The van der Waals surface area contributed by atoms with E-state index in [4.69, 9.17) is 9.84 Å². The van der Waals surface area contributed by atoms with Crippen molar-refractivity contribution in [2.24, 2.45) is 5.92 Å². The number of ether oxygens (including phenoxy) is 1. The maximum absolute atomic E-state index is 11.9. The Morgan fingerprint density at radius 3 is 2.76 bits per heavy atom. The van der Waals surface area contributed by atoms with Gasteiger partial charge in [0.1, 0.15) is 0 Å². The third-order valence-corrected chi connectivity index (χ3v) is 3.36. The van der Waals surface area contributed by atoms with E-state index in [1.807, 2.05) is 0 Å². The van der Waals surface area contributed by atoms with Crippen molar-refractivity contribution in [1.82, 2.24) is 4.90 Å². The molecule has 1 heterocycles. The molecule has 0 bridgehead atoms. The molecule has 2 aliphatic rings. The van der Waals surface area contributed by atoms with E-state index >= 15 is 0 Å². The zero-order chi connectivity index (χ0) is 12.3. The molecule has 0 aromatic carbocycles.